The van der Waals surface area contributed by atoms with Crippen LogP contribution in [0, 0.1) is 10.8 Å². The van der Waals surface area contributed by atoms with E-state index in [0.717, 1.165) is 0 Å². The summed E-state index contributed by atoms with van der Waals surface area (Å²) in [6.45, 7) is 1.46. The maximum absolute atomic E-state index is 7.39. The van der Waals surface area contributed by atoms with Gasteiger partial charge < -0.3 is 10.5 Å². The van der Waals surface area contributed by atoms with Crippen LogP contribution in [0.1, 0.15) is 12.5 Å². The van der Waals surface area contributed by atoms with Gasteiger partial charge in [-0.25, -0.2) is 4.98 Å². The summed E-state index contributed by atoms with van der Waals surface area (Å²) in [7, 11) is 0. The third-order valence-electron chi connectivity index (χ3n) is 1.30. The summed E-state index contributed by atoms with van der Waals surface area (Å²) < 4.78 is 4.76. The summed E-state index contributed by atoms with van der Waals surface area (Å²) in [5, 5.41) is 14.4. The molecular formula is C8H10N4O. The first-order valence-electron chi connectivity index (χ1n) is 3.63. The first-order valence-corrected chi connectivity index (χ1v) is 3.63. The van der Waals surface area contributed by atoms with Gasteiger partial charge in [0.1, 0.15) is 5.82 Å². The highest BCUT2D eigenvalue weighted by Gasteiger charge is 2.03. The number of pyridine rings is 1. The number of nitrogen functional groups attached to an aromatic ring is 1. The van der Waals surface area contributed by atoms with Crippen LogP contribution in [0.15, 0.2) is 18.3 Å². The number of hydrogen-bond acceptors (Lipinski definition) is 5. The average molecular weight is 178 g/mol. The zero-order valence-corrected chi connectivity index (χ0v) is 7.16. The van der Waals surface area contributed by atoms with Crippen molar-refractivity contribution in [2.75, 3.05) is 5.73 Å². The summed E-state index contributed by atoms with van der Waals surface area (Å²) in [6, 6.07) is 3.19. The standard InChI is InChI=1S/C8H10N4O/c1-5(9)13-8(11)6-2-3-7(10)12-4-6/h2-4,9,11H,1H3,(H2,10,12). The van der Waals surface area contributed by atoms with E-state index >= 15 is 0 Å². The second-order valence-corrected chi connectivity index (χ2v) is 2.46. The van der Waals surface area contributed by atoms with Crippen LogP contribution < -0.4 is 5.73 Å². The molecule has 5 heteroatoms. The Morgan fingerprint density at radius 1 is 1.46 bits per heavy atom. The zero-order chi connectivity index (χ0) is 9.84. The molecular weight excluding hydrogens is 168 g/mol. The van der Waals surface area contributed by atoms with Crippen LogP contribution in [0.25, 0.3) is 0 Å². The lowest BCUT2D eigenvalue weighted by Crippen LogP contribution is -2.09. The normalized spacial score (nSPS) is 9.31. The van der Waals surface area contributed by atoms with Crippen molar-refractivity contribution in [1.82, 2.24) is 4.98 Å². The Bertz CT molecular complexity index is 331. The quantitative estimate of drug-likeness (QED) is 0.442. The number of hydrogen-bond donors (Lipinski definition) is 3. The van der Waals surface area contributed by atoms with E-state index in [1.807, 2.05) is 0 Å². The summed E-state index contributed by atoms with van der Waals surface area (Å²) in [5.74, 6) is 0.268. The fourth-order valence-electron chi connectivity index (χ4n) is 0.752. The molecule has 1 rings (SSSR count). The molecule has 1 heterocycles. The molecule has 1 aromatic rings. The van der Waals surface area contributed by atoms with Crippen LogP contribution >= 0.6 is 0 Å². The van der Waals surface area contributed by atoms with Gasteiger partial charge in [-0.15, -0.1) is 0 Å². The smallest absolute Gasteiger partial charge is 0.222 e. The van der Waals surface area contributed by atoms with E-state index in [1.165, 1.54) is 13.1 Å². The van der Waals surface area contributed by atoms with Crippen LogP contribution in [-0.2, 0) is 4.74 Å². The molecule has 0 amide bonds. The molecule has 0 saturated carbocycles. The Morgan fingerprint density at radius 2 is 2.15 bits per heavy atom. The van der Waals surface area contributed by atoms with Gasteiger partial charge in [0.25, 0.3) is 0 Å². The predicted octanol–water partition coefficient (Wildman–Crippen LogP) is 1.00. The van der Waals surface area contributed by atoms with E-state index in [0.29, 0.717) is 11.4 Å². The minimum absolute atomic E-state index is 0.0261. The van der Waals surface area contributed by atoms with Crippen LogP contribution in [0.3, 0.4) is 0 Å². The van der Waals surface area contributed by atoms with E-state index < -0.39 is 0 Å². The molecule has 13 heavy (non-hydrogen) atoms. The number of nitrogens with zero attached hydrogens (tertiary/aromatic N) is 1. The Morgan fingerprint density at radius 3 is 2.62 bits per heavy atom. The van der Waals surface area contributed by atoms with E-state index in [2.05, 4.69) is 4.98 Å². The van der Waals surface area contributed by atoms with E-state index in [-0.39, 0.29) is 11.8 Å². The van der Waals surface area contributed by atoms with Gasteiger partial charge in [-0.3, -0.25) is 10.8 Å². The van der Waals surface area contributed by atoms with E-state index in [4.69, 9.17) is 21.3 Å². The van der Waals surface area contributed by atoms with Crippen molar-refractivity contribution in [3.8, 4) is 0 Å². The largest absolute Gasteiger partial charge is 0.425 e. The molecule has 0 aliphatic rings. The van der Waals surface area contributed by atoms with Crippen molar-refractivity contribution in [2.45, 2.75) is 6.92 Å². The summed E-state index contributed by atoms with van der Waals surface area (Å²) >= 11 is 0. The number of rotatable bonds is 1. The van der Waals surface area contributed by atoms with Gasteiger partial charge >= 0.3 is 0 Å². The molecule has 0 bridgehead atoms. The van der Waals surface area contributed by atoms with Crippen LogP contribution in [-0.4, -0.2) is 16.8 Å². The number of ether oxygens (including phenoxy) is 1. The van der Waals surface area contributed by atoms with Crippen molar-refractivity contribution in [1.29, 1.82) is 10.8 Å². The molecule has 4 N–H and O–H groups in total. The second kappa shape index (κ2) is 3.66. The Balaban J connectivity index is 2.78. The van der Waals surface area contributed by atoms with Crippen molar-refractivity contribution in [3.63, 3.8) is 0 Å². The number of aromatic nitrogens is 1. The lowest BCUT2D eigenvalue weighted by atomic mass is 10.3. The number of nitrogens with one attached hydrogen (secondary N) is 2. The molecule has 0 atom stereocenters. The maximum atomic E-state index is 7.39. The van der Waals surface area contributed by atoms with Crippen molar-refractivity contribution in [3.05, 3.63) is 23.9 Å². The fourth-order valence-corrected chi connectivity index (χ4v) is 0.752. The van der Waals surface area contributed by atoms with Gasteiger partial charge in [0.2, 0.25) is 5.90 Å². The Hall–Kier alpha value is -1.91. The molecule has 1 aromatic heterocycles. The Labute approximate surface area is 75.6 Å². The van der Waals surface area contributed by atoms with Gasteiger partial charge in [-0.1, -0.05) is 0 Å². The van der Waals surface area contributed by atoms with Crippen molar-refractivity contribution >= 4 is 17.6 Å². The first kappa shape index (κ1) is 9.18. The average Bonchev–Trinajstić information content (AvgIpc) is 2.04. The highest BCUT2D eigenvalue weighted by molar-refractivity contribution is 5.98. The summed E-state index contributed by atoms with van der Waals surface area (Å²) in [5.41, 5.74) is 5.86. The van der Waals surface area contributed by atoms with Crippen LogP contribution in [0.5, 0.6) is 0 Å². The van der Waals surface area contributed by atoms with Gasteiger partial charge in [0.05, 0.1) is 5.56 Å². The fraction of sp³-hybridized carbons (Fsp3) is 0.125. The molecule has 0 aliphatic carbocycles. The molecule has 68 valence electrons. The van der Waals surface area contributed by atoms with Gasteiger partial charge in [0, 0.05) is 13.1 Å². The lowest BCUT2D eigenvalue weighted by molar-refractivity contribution is 0.532. The lowest BCUT2D eigenvalue weighted by Gasteiger charge is -2.03. The highest BCUT2D eigenvalue weighted by Crippen LogP contribution is 2.02. The van der Waals surface area contributed by atoms with E-state index in [9.17, 15) is 0 Å². The summed E-state index contributed by atoms with van der Waals surface area (Å²) in [6.07, 6.45) is 1.43. The first-order chi connectivity index (χ1) is 6.09. The monoisotopic (exact) mass is 178 g/mol. The predicted molar refractivity (Wildman–Crippen MR) is 50.0 cm³/mol. The molecule has 0 aliphatic heterocycles. The molecule has 0 radical (unpaired) electrons. The molecule has 0 saturated heterocycles. The summed E-state index contributed by atoms with van der Waals surface area (Å²) in [4.78, 5) is 3.79. The molecule has 5 nitrogen and oxygen atoms in total. The van der Waals surface area contributed by atoms with Crippen molar-refractivity contribution in [2.24, 2.45) is 0 Å². The number of nitrogens with two attached hydrogens (primary N) is 1. The van der Waals surface area contributed by atoms with Crippen LogP contribution in [0.4, 0.5) is 5.82 Å². The molecule has 0 spiro atoms. The van der Waals surface area contributed by atoms with Crippen LogP contribution in [0.2, 0.25) is 0 Å². The van der Waals surface area contributed by atoms with Gasteiger partial charge in [-0.05, 0) is 12.1 Å². The van der Waals surface area contributed by atoms with Gasteiger partial charge in [0.15, 0.2) is 5.90 Å². The van der Waals surface area contributed by atoms with Crippen molar-refractivity contribution < 1.29 is 4.74 Å². The third-order valence-corrected chi connectivity index (χ3v) is 1.30. The second-order valence-electron chi connectivity index (χ2n) is 2.46. The third kappa shape index (κ3) is 2.55. The molecule has 0 unspecified atom stereocenters. The highest BCUT2D eigenvalue weighted by atomic mass is 16.5. The minimum Gasteiger partial charge on any atom is -0.425 e. The maximum Gasteiger partial charge on any atom is 0.222 e. The number of anilines is 1. The minimum atomic E-state index is -0.0972. The molecule has 0 fully saturated rings. The Kier molecular flexibility index (Phi) is 2.59. The van der Waals surface area contributed by atoms with E-state index in [1.54, 1.807) is 12.1 Å². The molecule has 0 aromatic carbocycles. The topological polar surface area (TPSA) is 95.8 Å². The SMILES string of the molecule is CC(=N)OC(=N)c1ccc(N)nc1. The zero-order valence-electron chi connectivity index (χ0n) is 7.16. The van der Waals surface area contributed by atoms with Gasteiger partial charge in [-0.2, -0.15) is 0 Å².